The van der Waals surface area contributed by atoms with Crippen molar-refractivity contribution in [1.29, 1.82) is 0 Å². The topological polar surface area (TPSA) is 95.0 Å². The number of aliphatic carboxylic acids is 1. The molecular weight excluding hydrogens is 458 g/mol. The largest absolute Gasteiger partial charge is 0.478 e. The number of benzene rings is 2. The van der Waals surface area contributed by atoms with Gasteiger partial charge in [-0.05, 0) is 74.7 Å². The van der Waals surface area contributed by atoms with E-state index < -0.39 is 11.6 Å². The number of carbonyl (C=O) groups is 2. The van der Waals surface area contributed by atoms with Crippen molar-refractivity contribution in [1.82, 2.24) is 4.98 Å². The third-order valence-corrected chi connectivity index (χ3v) is 6.18. The normalized spacial score (nSPS) is 14.8. The quantitative estimate of drug-likeness (QED) is 0.327. The van der Waals surface area contributed by atoms with Crippen LogP contribution >= 0.6 is 0 Å². The number of ketones is 1. The van der Waals surface area contributed by atoms with E-state index in [2.05, 4.69) is 4.98 Å². The standard InChI is InChI=1S/C29H31NO6/c1-18-15-20(16-19(2)26(18)36-29(3,4)28(32)33)9-10-25(31)23-17-21-7-5-6-8-24(21)30-27(23)35-22-11-13-34-14-12-22/h5-10,15-17,22H,11-14H2,1-4H3,(H,32,33)/b10-9+. The summed E-state index contributed by atoms with van der Waals surface area (Å²) in [5.74, 6) is -0.393. The monoisotopic (exact) mass is 489 g/mol. The molecule has 0 saturated carbocycles. The summed E-state index contributed by atoms with van der Waals surface area (Å²) in [5, 5.41) is 10.3. The first-order valence-corrected chi connectivity index (χ1v) is 12.0. The molecule has 1 aliphatic rings. The zero-order valence-corrected chi connectivity index (χ0v) is 21.0. The summed E-state index contributed by atoms with van der Waals surface area (Å²) in [7, 11) is 0. The maximum absolute atomic E-state index is 13.3. The lowest BCUT2D eigenvalue weighted by molar-refractivity contribution is -0.152. The second kappa shape index (κ2) is 10.5. The Balaban J connectivity index is 1.61. The third-order valence-electron chi connectivity index (χ3n) is 6.18. The number of hydrogen-bond donors (Lipinski definition) is 1. The van der Waals surface area contributed by atoms with Crippen LogP contribution in [0.3, 0.4) is 0 Å². The second-order valence-corrected chi connectivity index (χ2v) is 9.56. The number of aryl methyl sites for hydroxylation is 2. The predicted molar refractivity (Wildman–Crippen MR) is 138 cm³/mol. The van der Waals surface area contributed by atoms with Crippen molar-refractivity contribution in [2.45, 2.75) is 52.2 Å². The molecule has 1 aromatic heterocycles. The van der Waals surface area contributed by atoms with Crippen LogP contribution in [0.4, 0.5) is 0 Å². The van der Waals surface area contributed by atoms with Gasteiger partial charge in [-0.25, -0.2) is 9.78 Å². The molecule has 7 nitrogen and oxygen atoms in total. The molecule has 2 aromatic carbocycles. The lowest BCUT2D eigenvalue weighted by Crippen LogP contribution is -2.38. The van der Waals surface area contributed by atoms with E-state index in [0.717, 1.165) is 40.4 Å². The lowest BCUT2D eigenvalue weighted by atomic mass is 10.0. The molecule has 0 bridgehead atoms. The number of hydrogen-bond acceptors (Lipinski definition) is 6. The third kappa shape index (κ3) is 5.74. The van der Waals surface area contributed by atoms with Gasteiger partial charge in [-0.1, -0.05) is 24.3 Å². The fourth-order valence-electron chi connectivity index (χ4n) is 4.12. The molecule has 3 aromatic rings. The first-order chi connectivity index (χ1) is 17.1. The summed E-state index contributed by atoms with van der Waals surface area (Å²) in [5.41, 5.74) is 2.20. The van der Waals surface area contributed by atoms with E-state index >= 15 is 0 Å². The number of carbonyl (C=O) groups excluding carboxylic acids is 1. The highest BCUT2D eigenvalue weighted by Crippen LogP contribution is 2.30. The summed E-state index contributed by atoms with van der Waals surface area (Å²) in [6.07, 6.45) is 4.71. The van der Waals surface area contributed by atoms with Gasteiger partial charge < -0.3 is 19.3 Å². The molecule has 1 saturated heterocycles. The minimum absolute atomic E-state index is 0.0455. The van der Waals surface area contributed by atoms with Crippen molar-refractivity contribution >= 4 is 28.7 Å². The van der Waals surface area contributed by atoms with Gasteiger partial charge in [0.2, 0.25) is 5.88 Å². The molecule has 36 heavy (non-hydrogen) atoms. The molecule has 0 unspecified atom stereocenters. The first-order valence-electron chi connectivity index (χ1n) is 12.0. The molecular formula is C29H31NO6. The van der Waals surface area contributed by atoms with E-state index in [0.29, 0.717) is 30.4 Å². The number of rotatable bonds is 8. The molecule has 4 rings (SSSR count). The van der Waals surface area contributed by atoms with Gasteiger partial charge in [-0.15, -0.1) is 0 Å². The molecule has 0 atom stereocenters. The second-order valence-electron chi connectivity index (χ2n) is 9.56. The molecule has 2 heterocycles. The minimum atomic E-state index is -1.35. The van der Waals surface area contributed by atoms with Crippen LogP contribution in [0.5, 0.6) is 11.6 Å². The Hall–Kier alpha value is -3.71. The zero-order chi connectivity index (χ0) is 25.9. The van der Waals surface area contributed by atoms with Crippen molar-refractivity contribution in [3.8, 4) is 11.6 Å². The van der Waals surface area contributed by atoms with Gasteiger partial charge >= 0.3 is 5.97 Å². The molecule has 7 heteroatoms. The number of allylic oxidation sites excluding steroid dienone is 1. The maximum atomic E-state index is 13.3. The van der Waals surface area contributed by atoms with E-state index in [-0.39, 0.29) is 11.9 Å². The average molecular weight is 490 g/mol. The Kier molecular flexibility index (Phi) is 7.40. The molecule has 0 spiro atoms. The smallest absolute Gasteiger partial charge is 0.347 e. The average Bonchev–Trinajstić information content (AvgIpc) is 2.85. The Morgan fingerprint density at radius 2 is 1.75 bits per heavy atom. The van der Waals surface area contributed by atoms with Crippen LogP contribution < -0.4 is 9.47 Å². The Morgan fingerprint density at radius 3 is 2.42 bits per heavy atom. The molecule has 1 aliphatic heterocycles. The fraction of sp³-hybridized carbons (Fsp3) is 0.345. The van der Waals surface area contributed by atoms with Crippen molar-refractivity contribution in [3.63, 3.8) is 0 Å². The molecule has 188 valence electrons. The number of para-hydroxylation sites is 1. The van der Waals surface area contributed by atoms with Crippen molar-refractivity contribution in [3.05, 3.63) is 70.8 Å². The van der Waals surface area contributed by atoms with Crippen LogP contribution in [-0.2, 0) is 9.53 Å². The number of nitrogens with zero attached hydrogens (tertiary/aromatic N) is 1. The van der Waals surface area contributed by atoms with E-state index in [4.69, 9.17) is 14.2 Å². The van der Waals surface area contributed by atoms with E-state index in [1.54, 1.807) is 6.08 Å². The molecule has 1 fully saturated rings. The fourth-order valence-corrected chi connectivity index (χ4v) is 4.12. The Morgan fingerprint density at radius 1 is 1.08 bits per heavy atom. The number of ether oxygens (including phenoxy) is 3. The van der Waals surface area contributed by atoms with E-state index in [1.807, 2.05) is 56.3 Å². The van der Waals surface area contributed by atoms with Crippen molar-refractivity contribution < 1.29 is 28.9 Å². The number of fused-ring (bicyclic) bond motifs is 1. The van der Waals surface area contributed by atoms with Gasteiger partial charge in [-0.2, -0.15) is 0 Å². The van der Waals surface area contributed by atoms with Crippen LogP contribution in [0.25, 0.3) is 17.0 Å². The Labute approximate surface area is 210 Å². The van der Waals surface area contributed by atoms with Crippen molar-refractivity contribution in [2.75, 3.05) is 13.2 Å². The van der Waals surface area contributed by atoms with Gasteiger partial charge in [-0.3, -0.25) is 4.79 Å². The van der Waals surface area contributed by atoms with E-state index in [1.165, 1.54) is 19.9 Å². The summed E-state index contributed by atoms with van der Waals surface area (Å²) in [4.78, 5) is 29.4. The van der Waals surface area contributed by atoms with E-state index in [9.17, 15) is 14.7 Å². The SMILES string of the molecule is Cc1cc(/C=C/C(=O)c2cc3ccccc3nc2OC2CCOCC2)cc(C)c1OC(C)(C)C(=O)O. The van der Waals surface area contributed by atoms with Gasteiger partial charge in [0.25, 0.3) is 0 Å². The zero-order valence-electron chi connectivity index (χ0n) is 21.0. The van der Waals surface area contributed by atoms with Gasteiger partial charge in [0.05, 0.1) is 24.3 Å². The van der Waals surface area contributed by atoms with Crippen LogP contribution in [0, 0.1) is 13.8 Å². The van der Waals surface area contributed by atoms with Crippen LogP contribution in [0.2, 0.25) is 0 Å². The number of carboxylic acids is 1. The Bertz CT molecular complexity index is 1300. The van der Waals surface area contributed by atoms with Gasteiger partial charge in [0.1, 0.15) is 11.9 Å². The minimum Gasteiger partial charge on any atom is -0.478 e. The molecule has 0 aliphatic carbocycles. The molecule has 1 N–H and O–H groups in total. The van der Waals surface area contributed by atoms with Gasteiger partial charge in [0, 0.05) is 18.2 Å². The molecule has 0 radical (unpaired) electrons. The van der Waals surface area contributed by atoms with Crippen LogP contribution in [-0.4, -0.2) is 46.8 Å². The van der Waals surface area contributed by atoms with Crippen LogP contribution in [0.15, 0.2) is 48.5 Å². The lowest BCUT2D eigenvalue weighted by Gasteiger charge is -2.24. The number of carboxylic acid groups (broad SMARTS) is 1. The van der Waals surface area contributed by atoms with Crippen molar-refractivity contribution in [2.24, 2.45) is 0 Å². The van der Waals surface area contributed by atoms with Gasteiger partial charge in [0.15, 0.2) is 11.4 Å². The summed E-state index contributed by atoms with van der Waals surface area (Å²) in [6, 6.07) is 13.2. The highest BCUT2D eigenvalue weighted by atomic mass is 16.5. The molecule has 0 amide bonds. The summed E-state index contributed by atoms with van der Waals surface area (Å²) in [6.45, 7) is 7.99. The highest BCUT2D eigenvalue weighted by molar-refractivity contribution is 6.10. The van der Waals surface area contributed by atoms with Crippen LogP contribution in [0.1, 0.15) is 53.7 Å². The predicted octanol–water partition coefficient (Wildman–Crippen LogP) is 5.55. The highest BCUT2D eigenvalue weighted by Gasteiger charge is 2.30. The number of pyridine rings is 1. The summed E-state index contributed by atoms with van der Waals surface area (Å²) >= 11 is 0. The maximum Gasteiger partial charge on any atom is 0.347 e. The summed E-state index contributed by atoms with van der Waals surface area (Å²) < 4.78 is 17.4. The number of aromatic nitrogens is 1. The first kappa shape index (κ1) is 25.4.